The zero-order valence-electron chi connectivity index (χ0n) is 17.4. The molecule has 2 rings (SSSR count). The van der Waals surface area contributed by atoms with Crippen molar-refractivity contribution < 1.29 is 4.79 Å². The van der Waals surface area contributed by atoms with E-state index < -0.39 is 0 Å². The quantitative estimate of drug-likeness (QED) is 0.414. The largest absolute Gasteiger partial charge is 0.357 e. The number of nitrogens with one attached hydrogen (secondary N) is 2. The van der Waals surface area contributed by atoms with E-state index in [1.165, 1.54) is 0 Å². The topological polar surface area (TPSA) is 74.6 Å². The van der Waals surface area contributed by atoms with Crippen molar-refractivity contribution >= 4 is 11.9 Å². The fourth-order valence-electron chi connectivity index (χ4n) is 3.35. The van der Waals surface area contributed by atoms with Gasteiger partial charge in [0.25, 0.3) is 0 Å². The maximum absolute atomic E-state index is 12.1. The number of aromatic nitrogens is 2. The van der Waals surface area contributed by atoms with Gasteiger partial charge >= 0.3 is 0 Å². The normalized spacial score (nSPS) is 16.0. The van der Waals surface area contributed by atoms with E-state index in [4.69, 9.17) is 4.99 Å². The van der Waals surface area contributed by atoms with Crippen molar-refractivity contribution in [1.82, 2.24) is 25.1 Å². The molecule has 0 radical (unpaired) electrons. The molecule has 27 heavy (non-hydrogen) atoms. The summed E-state index contributed by atoms with van der Waals surface area (Å²) < 4.78 is 2.18. The Morgan fingerprint density at radius 1 is 1.33 bits per heavy atom. The molecule has 0 unspecified atom stereocenters. The Morgan fingerprint density at radius 3 is 2.67 bits per heavy atom. The van der Waals surface area contributed by atoms with E-state index in [1.54, 1.807) is 0 Å². The number of nitrogens with zero attached hydrogens (tertiary/aromatic N) is 4. The van der Waals surface area contributed by atoms with E-state index in [0.29, 0.717) is 6.04 Å². The minimum absolute atomic E-state index is 0.0829. The molecule has 1 saturated heterocycles. The van der Waals surface area contributed by atoms with Crippen LogP contribution in [0.25, 0.3) is 0 Å². The van der Waals surface area contributed by atoms with E-state index in [9.17, 15) is 4.79 Å². The van der Waals surface area contributed by atoms with Crippen molar-refractivity contribution in [2.45, 2.75) is 66.0 Å². The highest BCUT2D eigenvalue weighted by atomic mass is 16.2. The number of unbranched alkanes of at least 4 members (excludes halogenated alkanes) is 1. The molecule has 0 aromatic carbocycles. The third kappa shape index (κ3) is 6.88. The van der Waals surface area contributed by atoms with Gasteiger partial charge in [-0.3, -0.25) is 9.79 Å². The summed E-state index contributed by atoms with van der Waals surface area (Å²) in [6.07, 6.45) is 7.97. The average molecular weight is 377 g/mol. The van der Waals surface area contributed by atoms with Crippen LogP contribution in [0.4, 0.5) is 0 Å². The third-order valence-electron chi connectivity index (χ3n) is 4.99. The van der Waals surface area contributed by atoms with Gasteiger partial charge in [0.1, 0.15) is 5.82 Å². The van der Waals surface area contributed by atoms with Crippen LogP contribution in [-0.4, -0.2) is 58.5 Å². The fraction of sp³-hybridized carbons (Fsp3) is 0.750. The van der Waals surface area contributed by atoms with Crippen LogP contribution in [0, 0.1) is 12.8 Å². The number of hydrogen-bond donors (Lipinski definition) is 2. The molecule has 1 aliphatic heterocycles. The Morgan fingerprint density at radius 2 is 2.07 bits per heavy atom. The number of likely N-dealkylation sites (tertiary alicyclic amines) is 1. The van der Waals surface area contributed by atoms with Gasteiger partial charge in [-0.2, -0.15) is 0 Å². The predicted molar refractivity (Wildman–Crippen MR) is 110 cm³/mol. The number of rotatable bonds is 8. The highest BCUT2D eigenvalue weighted by Gasteiger charge is 2.24. The zero-order valence-corrected chi connectivity index (χ0v) is 17.4. The van der Waals surface area contributed by atoms with Gasteiger partial charge in [-0.1, -0.05) is 13.8 Å². The van der Waals surface area contributed by atoms with Crippen LogP contribution in [0.5, 0.6) is 0 Å². The van der Waals surface area contributed by atoms with Gasteiger partial charge in [-0.25, -0.2) is 4.98 Å². The molecule has 0 aliphatic carbocycles. The Hall–Kier alpha value is -2.05. The highest BCUT2D eigenvalue weighted by molar-refractivity contribution is 5.80. The molecule has 1 amide bonds. The number of aliphatic imine (C=N–C) groups is 1. The van der Waals surface area contributed by atoms with Crippen LogP contribution in [0.3, 0.4) is 0 Å². The smallest absolute Gasteiger partial charge is 0.225 e. The summed E-state index contributed by atoms with van der Waals surface area (Å²) in [5, 5.41) is 6.88. The van der Waals surface area contributed by atoms with Gasteiger partial charge in [-0.15, -0.1) is 0 Å². The first-order valence-corrected chi connectivity index (χ1v) is 10.3. The second-order valence-electron chi connectivity index (χ2n) is 7.53. The summed E-state index contributed by atoms with van der Waals surface area (Å²) in [5.41, 5.74) is 0. The fourth-order valence-corrected chi connectivity index (χ4v) is 3.35. The monoisotopic (exact) mass is 376 g/mol. The zero-order chi connectivity index (χ0) is 19.6. The number of guanidine groups is 1. The van der Waals surface area contributed by atoms with Crippen molar-refractivity contribution in [2.75, 3.05) is 26.2 Å². The van der Waals surface area contributed by atoms with Crippen molar-refractivity contribution in [3.05, 3.63) is 18.2 Å². The average Bonchev–Trinajstić information content (AvgIpc) is 3.06. The molecule has 0 bridgehead atoms. The summed E-state index contributed by atoms with van der Waals surface area (Å²) in [5.74, 6) is 2.31. The molecule has 0 saturated carbocycles. The minimum Gasteiger partial charge on any atom is -0.357 e. The number of hydrogen-bond acceptors (Lipinski definition) is 3. The lowest BCUT2D eigenvalue weighted by Gasteiger charge is -2.34. The number of imidazole rings is 1. The Kier molecular flexibility index (Phi) is 8.61. The van der Waals surface area contributed by atoms with E-state index in [-0.39, 0.29) is 11.8 Å². The summed E-state index contributed by atoms with van der Waals surface area (Å²) in [4.78, 5) is 23.1. The number of piperidine rings is 1. The third-order valence-corrected chi connectivity index (χ3v) is 4.99. The lowest BCUT2D eigenvalue weighted by Crippen LogP contribution is -2.50. The van der Waals surface area contributed by atoms with Crippen molar-refractivity contribution in [3.8, 4) is 0 Å². The first-order valence-electron chi connectivity index (χ1n) is 10.3. The predicted octanol–water partition coefficient (Wildman–Crippen LogP) is 2.17. The molecule has 7 nitrogen and oxygen atoms in total. The van der Waals surface area contributed by atoms with Gasteiger partial charge in [0, 0.05) is 57.1 Å². The van der Waals surface area contributed by atoms with Crippen LogP contribution in [0.2, 0.25) is 0 Å². The van der Waals surface area contributed by atoms with Crippen LogP contribution >= 0.6 is 0 Å². The Balaban J connectivity index is 1.72. The molecule has 1 aromatic rings. The molecule has 1 fully saturated rings. The van der Waals surface area contributed by atoms with Crippen LogP contribution < -0.4 is 10.6 Å². The molecule has 152 valence electrons. The van der Waals surface area contributed by atoms with Gasteiger partial charge < -0.3 is 20.1 Å². The Labute approximate surface area is 163 Å². The standard InChI is InChI=1S/C20H36N6O/c1-5-21-20(23-10-6-7-12-25-15-11-22-17(25)4)24-18-8-13-26(14-9-18)19(27)16(2)3/h11,15-16,18H,5-10,12-14H2,1-4H3,(H2,21,23,24). The second-order valence-corrected chi connectivity index (χ2v) is 7.53. The van der Waals surface area contributed by atoms with Crippen molar-refractivity contribution in [1.29, 1.82) is 0 Å². The lowest BCUT2D eigenvalue weighted by molar-refractivity contribution is -0.135. The van der Waals surface area contributed by atoms with Crippen LogP contribution in [0.1, 0.15) is 52.3 Å². The van der Waals surface area contributed by atoms with Gasteiger partial charge in [-0.05, 0) is 39.5 Å². The SMILES string of the molecule is CCNC(=NCCCCn1ccnc1C)NC1CCN(C(=O)C(C)C)CC1. The summed E-state index contributed by atoms with van der Waals surface area (Å²) in [7, 11) is 0. The van der Waals surface area contributed by atoms with E-state index in [1.807, 2.05) is 38.1 Å². The molecule has 7 heteroatoms. The molecule has 1 aromatic heterocycles. The van der Waals surface area contributed by atoms with Gasteiger partial charge in [0.05, 0.1) is 0 Å². The van der Waals surface area contributed by atoms with Crippen molar-refractivity contribution in [3.63, 3.8) is 0 Å². The maximum Gasteiger partial charge on any atom is 0.225 e. The van der Waals surface area contributed by atoms with Gasteiger partial charge in [0.2, 0.25) is 5.91 Å². The van der Waals surface area contributed by atoms with Crippen LogP contribution in [-0.2, 0) is 11.3 Å². The summed E-state index contributed by atoms with van der Waals surface area (Å²) in [6, 6.07) is 0.382. The summed E-state index contributed by atoms with van der Waals surface area (Å²) >= 11 is 0. The van der Waals surface area contributed by atoms with Gasteiger partial charge in [0.15, 0.2) is 5.96 Å². The Bertz CT molecular complexity index is 601. The molecular formula is C20H36N6O. The van der Waals surface area contributed by atoms with Crippen molar-refractivity contribution in [2.24, 2.45) is 10.9 Å². The lowest BCUT2D eigenvalue weighted by atomic mass is 10.0. The molecule has 2 heterocycles. The molecular weight excluding hydrogens is 340 g/mol. The van der Waals surface area contributed by atoms with E-state index >= 15 is 0 Å². The number of carbonyl (C=O) groups excluding carboxylic acids is 1. The minimum atomic E-state index is 0.0829. The molecule has 0 atom stereocenters. The van der Waals surface area contributed by atoms with E-state index in [0.717, 1.165) is 70.2 Å². The highest BCUT2D eigenvalue weighted by Crippen LogP contribution is 2.13. The number of carbonyl (C=O) groups is 1. The number of amides is 1. The van der Waals surface area contributed by atoms with E-state index in [2.05, 4.69) is 27.1 Å². The maximum atomic E-state index is 12.1. The molecule has 0 spiro atoms. The molecule has 1 aliphatic rings. The second kappa shape index (κ2) is 10.9. The first kappa shape index (κ1) is 21.3. The number of aryl methyl sites for hydroxylation is 2. The summed E-state index contributed by atoms with van der Waals surface area (Å²) in [6.45, 7) is 12.4. The first-order chi connectivity index (χ1) is 13.0. The van der Waals surface area contributed by atoms with Crippen LogP contribution in [0.15, 0.2) is 17.4 Å². The molecule has 2 N–H and O–H groups in total.